The Bertz CT molecular complexity index is 3940. The number of anilines is 3. The van der Waals surface area contributed by atoms with Crippen LogP contribution in [0.5, 0.6) is 0 Å². The van der Waals surface area contributed by atoms with Gasteiger partial charge in [-0.2, -0.15) is 0 Å². The monoisotopic (exact) mass is 870 g/mol. The normalized spacial score (nSPS) is 11.6. The number of para-hydroxylation sites is 2. The van der Waals surface area contributed by atoms with E-state index in [9.17, 15) is 0 Å². The van der Waals surface area contributed by atoms with E-state index in [-0.39, 0.29) is 0 Å². The van der Waals surface area contributed by atoms with Gasteiger partial charge in [-0.25, -0.2) is 0 Å². The van der Waals surface area contributed by atoms with Crippen molar-refractivity contribution in [2.45, 2.75) is 0 Å². The Balaban J connectivity index is 0.922. The third-order valence-corrected chi connectivity index (χ3v) is 14.6. The summed E-state index contributed by atoms with van der Waals surface area (Å²) in [7, 11) is 0. The van der Waals surface area contributed by atoms with E-state index in [0.29, 0.717) is 0 Å². The lowest BCUT2D eigenvalue weighted by atomic mass is 9.95. The van der Waals surface area contributed by atoms with Crippen LogP contribution in [0, 0.1) is 0 Å². The first-order valence-electron chi connectivity index (χ1n) is 22.9. The number of thiophene rings is 1. The summed E-state index contributed by atoms with van der Waals surface area (Å²) in [5, 5.41) is 7.60. The lowest BCUT2D eigenvalue weighted by Crippen LogP contribution is -2.09. The van der Waals surface area contributed by atoms with Crippen molar-refractivity contribution in [2.75, 3.05) is 4.90 Å². The summed E-state index contributed by atoms with van der Waals surface area (Å²) in [6.07, 6.45) is 0. The molecule has 13 aromatic rings. The standard InChI is InChI=1S/C64H42N2S/c1-3-15-43(16-4-1)47-17-13-18-48(41-47)44-29-35-50(36-30-44)65(51-37-31-45(32-38-51)53-25-14-26-58-56-23-10-12-28-62(56)67-64(53)58)52-39-33-46(34-40-52)59-42-60-55-22-9-11-27-61(55)66(49-19-5-2-6-20-49)63(60)57-24-8-7-21-54(57)59/h1-42H. The molecular weight excluding hydrogens is 829 g/mol. The summed E-state index contributed by atoms with van der Waals surface area (Å²) in [6, 6.07) is 93.0. The van der Waals surface area contributed by atoms with E-state index < -0.39 is 0 Å². The molecule has 0 aliphatic rings. The second-order valence-corrected chi connectivity index (χ2v) is 18.3. The van der Waals surface area contributed by atoms with Gasteiger partial charge in [-0.05, 0) is 123 Å². The van der Waals surface area contributed by atoms with Gasteiger partial charge in [0.1, 0.15) is 0 Å². The number of hydrogen-bond donors (Lipinski definition) is 0. The Hall–Kier alpha value is -8.50. The maximum atomic E-state index is 2.43. The molecule has 0 radical (unpaired) electrons. The lowest BCUT2D eigenvalue weighted by molar-refractivity contribution is 1.19. The number of hydrogen-bond acceptors (Lipinski definition) is 2. The van der Waals surface area contributed by atoms with E-state index in [0.717, 1.165) is 22.7 Å². The number of nitrogens with zero attached hydrogens (tertiary/aromatic N) is 2. The smallest absolute Gasteiger partial charge is 0.0619 e. The van der Waals surface area contributed by atoms with Crippen molar-refractivity contribution in [1.82, 2.24) is 4.57 Å². The largest absolute Gasteiger partial charge is 0.311 e. The highest BCUT2D eigenvalue weighted by atomic mass is 32.1. The van der Waals surface area contributed by atoms with Gasteiger partial charge in [-0.3, -0.25) is 0 Å². The summed E-state index contributed by atoms with van der Waals surface area (Å²) in [5.41, 5.74) is 16.6. The van der Waals surface area contributed by atoms with Gasteiger partial charge in [0.25, 0.3) is 0 Å². The van der Waals surface area contributed by atoms with Gasteiger partial charge < -0.3 is 9.47 Å². The summed E-state index contributed by atoms with van der Waals surface area (Å²) in [6.45, 7) is 0. The van der Waals surface area contributed by atoms with Crippen LogP contribution in [-0.2, 0) is 0 Å². The zero-order valence-electron chi connectivity index (χ0n) is 36.6. The third kappa shape index (κ3) is 6.71. The van der Waals surface area contributed by atoms with Crippen LogP contribution in [0.3, 0.4) is 0 Å². The SMILES string of the molecule is c1ccc(-c2cccc(-c3ccc(N(c4ccc(-c5cc6c7ccccc7n(-c7ccccc7)c6c6ccccc56)cc4)c4ccc(-c5cccc6c5sc5ccccc56)cc4)cc3)c2)cc1. The van der Waals surface area contributed by atoms with E-state index in [1.165, 1.54) is 97.3 Å². The van der Waals surface area contributed by atoms with Gasteiger partial charge in [-0.1, -0.05) is 182 Å². The molecule has 0 saturated carbocycles. The third-order valence-electron chi connectivity index (χ3n) is 13.4. The van der Waals surface area contributed by atoms with Crippen LogP contribution in [0.4, 0.5) is 17.1 Å². The van der Waals surface area contributed by atoms with Crippen LogP contribution in [0.2, 0.25) is 0 Å². The lowest BCUT2D eigenvalue weighted by Gasteiger charge is -2.26. The van der Waals surface area contributed by atoms with E-state index in [4.69, 9.17) is 0 Å². The van der Waals surface area contributed by atoms with Crippen LogP contribution >= 0.6 is 11.3 Å². The van der Waals surface area contributed by atoms with Gasteiger partial charge >= 0.3 is 0 Å². The van der Waals surface area contributed by atoms with Crippen molar-refractivity contribution >= 4 is 81.1 Å². The zero-order chi connectivity index (χ0) is 44.3. The molecule has 314 valence electrons. The predicted molar refractivity (Wildman–Crippen MR) is 288 cm³/mol. The molecule has 2 aromatic heterocycles. The molecule has 0 aliphatic carbocycles. The number of rotatable bonds is 8. The molecule has 2 nitrogen and oxygen atoms in total. The molecule has 0 unspecified atom stereocenters. The Labute approximate surface area is 393 Å². The Kier molecular flexibility index (Phi) is 9.40. The molecule has 0 N–H and O–H groups in total. The Morgan fingerprint density at radius 2 is 0.791 bits per heavy atom. The second kappa shape index (κ2) is 16.2. The summed E-state index contributed by atoms with van der Waals surface area (Å²) in [4.78, 5) is 2.38. The molecule has 0 atom stereocenters. The van der Waals surface area contributed by atoms with Crippen molar-refractivity contribution in [2.24, 2.45) is 0 Å². The van der Waals surface area contributed by atoms with Crippen molar-refractivity contribution in [3.63, 3.8) is 0 Å². The minimum atomic E-state index is 1.09. The first-order chi connectivity index (χ1) is 33.2. The average molecular weight is 871 g/mol. The van der Waals surface area contributed by atoms with E-state index >= 15 is 0 Å². The van der Waals surface area contributed by atoms with E-state index in [1.54, 1.807) is 0 Å². The molecule has 11 aromatic carbocycles. The fourth-order valence-corrected chi connectivity index (χ4v) is 11.5. The molecule has 13 rings (SSSR count). The van der Waals surface area contributed by atoms with Gasteiger partial charge in [0.05, 0.1) is 11.0 Å². The topological polar surface area (TPSA) is 8.17 Å². The van der Waals surface area contributed by atoms with Crippen LogP contribution in [0.25, 0.3) is 103 Å². The van der Waals surface area contributed by atoms with Crippen LogP contribution < -0.4 is 4.90 Å². The summed E-state index contributed by atoms with van der Waals surface area (Å²) >= 11 is 1.88. The Morgan fingerprint density at radius 3 is 1.48 bits per heavy atom. The number of benzene rings is 11. The molecule has 67 heavy (non-hydrogen) atoms. The zero-order valence-corrected chi connectivity index (χ0v) is 37.4. The quantitative estimate of drug-likeness (QED) is 0.148. The average Bonchev–Trinajstić information content (AvgIpc) is 3.96. The first kappa shape index (κ1) is 38.9. The molecular formula is C64H42N2S. The number of fused-ring (bicyclic) bond motifs is 8. The number of aromatic nitrogens is 1. The van der Waals surface area contributed by atoms with E-state index in [2.05, 4.69) is 264 Å². The maximum absolute atomic E-state index is 2.43. The van der Waals surface area contributed by atoms with Gasteiger partial charge in [0.2, 0.25) is 0 Å². The second-order valence-electron chi connectivity index (χ2n) is 17.3. The molecule has 2 heterocycles. The van der Waals surface area contributed by atoms with Crippen molar-refractivity contribution in [3.8, 4) is 50.2 Å². The Morgan fingerprint density at radius 1 is 0.299 bits per heavy atom. The molecule has 0 spiro atoms. The molecule has 0 saturated heterocycles. The van der Waals surface area contributed by atoms with Crippen molar-refractivity contribution < 1.29 is 0 Å². The van der Waals surface area contributed by atoms with Crippen LogP contribution in [0.1, 0.15) is 0 Å². The summed E-state index contributed by atoms with van der Waals surface area (Å²) < 4.78 is 5.07. The fourth-order valence-electron chi connectivity index (χ4n) is 10.2. The first-order valence-corrected chi connectivity index (χ1v) is 23.7. The van der Waals surface area contributed by atoms with Gasteiger partial charge in [0, 0.05) is 59.1 Å². The molecule has 0 amide bonds. The molecule has 0 aliphatic heterocycles. The van der Waals surface area contributed by atoms with Crippen LogP contribution in [0.15, 0.2) is 255 Å². The van der Waals surface area contributed by atoms with Gasteiger partial charge in [-0.15, -0.1) is 11.3 Å². The highest BCUT2D eigenvalue weighted by Gasteiger charge is 2.20. The molecule has 0 bridgehead atoms. The molecule has 3 heteroatoms. The maximum Gasteiger partial charge on any atom is 0.0619 e. The van der Waals surface area contributed by atoms with Crippen molar-refractivity contribution in [1.29, 1.82) is 0 Å². The minimum absolute atomic E-state index is 1.09. The predicted octanol–water partition coefficient (Wildman–Crippen LogP) is 18.4. The highest BCUT2D eigenvalue weighted by Crippen LogP contribution is 2.44. The minimum Gasteiger partial charge on any atom is -0.311 e. The summed E-state index contributed by atoms with van der Waals surface area (Å²) in [5.74, 6) is 0. The highest BCUT2D eigenvalue weighted by molar-refractivity contribution is 7.26. The van der Waals surface area contributed by atoms with Crippen LogP contribution in [-0.4, -0.2) is 4.57 Å². The van der Waals surface area contributed by atoms with Gasteiger partial charge in [0.15, 0.2) is 0 Å². The van der Waals surface area contributed by atoms with Crippen molar-refractivity contribution in [3.05, 3.63) is 255 Å². The molecule has 0 fully saturated rings. The van der Waals surface area contributed by atoms with E-state index in [1.807, 2.05) is 11.3 Å². The fraction of sp³-hybridized carbons (Fsp3) is 0.